The number of allylic oxidation sites excluding steroid dienone is 14. The van der Waals surface area contributed by atoms with Crippen molar-refractivity contribution in [3.05, 3.63) is 85.1 Å². The van der Waals surface area contributed by atoms with Gasteiger partial charge < -0.3 is 19.8 Å². The molecule has 62 heavy (non-hydrogen) atoms. The summed E-state index contributed by atoms with van der Waals surface area (Å²) in [4.78, 5) is 23.2. The zero-order valence-electron chi connectivity index (χ0n) is 40.6. The third-order valence-corrected chi connectivity index (χ3v) is 11.6. The lowest BCUT2D eigenvalue weighted by molar-refractivity contribution is -0.870. The fourth-order valence-electron chi connectivity index (χ4n) is 6.73. The quantitative estimate of drug-likeness (QED) is 0.0244. The van der Waals surface area contributed by atoms with Crippen molar-refractivity contribution in [2.24, 2.45) is 0 Å². The number of nitrogens with zero attached hydrogens (tertiary/aromatic N) is 1. The van der Waals surface area contributed by atoms with Crippen molar-refractivity contribution in [1.29, 1.82) is 0 Å². The molecule has 0 spiro atoms. The van der Waals surface area contributed by atoms with E-state index in [1.807, 2.05) is 21.1 Å². The van der Waals surface area contributed by atoms with Gasteiger partial charge in [-0.2, -0.15) is 0 Å². The molecule has 0 bridgehead atoms. The Labute approximate surface area is 382 Å². The van der Waals surface area contributed by atoms with Gasteiger partial charge in [0.05, 0.1) is 39.9 Å². The van der Waals surface area contributed by atoms with Crippen LogP contribution in [0.4, 0.5) is 0 Å². The molecule has 0 heterocycles. The lowest BCUT2D eigenvalue weighted by atomic mass is 10.0. The molecule has 358 valence electrons. The number of quaternary nitrogens is 1. The van der Waals surface area contributed by atoms with Crippen LogP contribution in [0.2, 0.25) is 0 Å². The molecule has 0 saturated heterocycles. The summed E-state index contributed by atoms with van der Waals surface area (Å²) in [5.41, 5.74) is 0. The van der Waals surface area contributed by atoms with Crippen LogP contribution in [0.25, 0.3) is 0 Å². The molecule has 8 nitrogen and oxygen atoms in total. The van der Waals surface area contributed by atoms with E-state index < -0.39 is 20.0 Å². The minimum atomic E-state index is -4.33. The Morgan fingerprint density at radius 3 is 1.42 bits per heavy atom. The van der Waals surface area contributed by atoms with E-state index in [2.05, 4.69) is 104 Å². The summed E-state index contributed by atoms with van der Waals surface area (Å²) < 4.78 is 23.7. The van der Waals surface area contributed by atoms with Crippen LogP contribution in [0.3, 0.4) is 0 Å². The standard InChI is InChI=1S/C53H95N2O6P/c1-6-8-10-12-14-16-18-20-21-22-23-24-25-26-27-28-29-30-31-32-33-35-37-39-41-43-45-47-53(57)54-51(50-61-62(58,59)60-49-48-55(3,4)5)52(56)46-44-42-40-38-36-34-19-17-15-13-11-9-7-2/h8,10,14,16,20-21,23-24,26-27,29-30,32-33,51-52,56H,6-7,9,11-13,15,17-19,22,25,28,31,34-50H2,1-5H3,(H-,54,57,58,59)/p+1/b10-8-,16-14-,21-20-,24-23-,27-26-,30-29-,33-32-. The van der Waals surface area contributed by atoms with Gasteiger partial charge in [0.25, 0.3) is 0 Å². The van der Waals surface area contributed by atoms with Crippen LogP contribution in [-0.4, -0.2) is 73.4 Å². The summed E-state index contributed by atoms with van der Waals surface area (Å²) in [6, 6.07) is -0.776. The van der Waals surface area contributed by atoms with Crippen molar-refractivity contribution in [2.45, 2.75) is 206 Å². The zero-order chi connectivity index (χ0) is 45.7. The van der Waals surface area contributed by atoms with Gasteiger partial charge in [-0.3, -0.25) is 13.8 Å². The number of phosphoric acid groups is 1. The van der Waals surface area contributed by atoms with Gasteiger partial charge in [0.15, 0.2) is 0 Å². The van der Waals surface area contributed by atoms with Crippen molar-refractivity contribution in [3.63, 3.8) is 0 Å². The molecule has 0 aliphatic heterocycles. The van der Waals surface area contributed by atoms with Gasteiger partial charge in [0.1, 0.15) is 13.2 Å². The van der Waals surface area contributed by atoms with Gasteiger partial charge >= 0.3 is 7.82 Å². The molecular weight excluding hydrogens is 792 g/mol. The predicted molar refractivity (Wildman–Crippen MR) is 267 cm³/mol. The summed E-state index contributed by atoms with van der Waals surface area (Å²) in [7, 11) is 1.59. The molecule has 1 amide bonds. The molecule has 0 aromatic rings. The van der Waals surface area contributed by atoms with Crippen molar-refractivity contribution < 1.29 is 32.9 Å². The second kappa shape index (κ2) is 43.9. The summed E-state index contributed by atoms with van der Waals surface area (Å²) >= 11 is 0. The molecule has 0 aromatic heterocycles. The molecule has 0 saturated carbocycles. The SMILES string of the molecule is CC/C=C\C/C=C\C/C=C\C/C=C\C/C=C\C/C=C\C/C=C\CCCCCCCC(=O)NC(COP(=O)(O)OCC[N+](C)(C)C)C(O)CCCCCCCCCCCCCCC. The fraction of sp³-hybridized carbons (Fsp3) is 0.717. The number of amides is 1. The van der Waals surface area contributed by atoms with E-state index in [1.54, 1.807) is 0 Å². The van der Waals surface area contributed by atoms with E-state index in [0.717, 1.165) is 103 Å². The molecule has 3 N–H and O–H groups in total. The minimum Gasteiger partial charge on any atom is -0.391 e. The molecule has 3 atom stereocenters. The number of hydrogen-bond donors (Lipinski definition) is 3. The van der Waals surface area contributed by atoms with Crippen LogP contribution < -0.4 is 5.32 Å². The average Bonchev–Trinajstić information content (AvgIpc) is 3.23. The first-order valence-electron chi connectivity index (χ1n) is 25.0. The number of aliphatic hydroxyl groups is 1. The Kier molecular flexibility index (Phi) is 42.3. The molecule has 3 unspecified atom stereocenters. The first-order valence-corrected chi connectivity index (χ1v) is 26.4. The van der Waals surface area contributed by atoms with Crippen LogP contribution in [0, 0.1) is 0 Å². The summed E-state index contributed by atoms with van der Waals surface area (Å²) in [6.07, 6.45) is 60.4. The van der Waals surface area contributed by atoms with Gasteiger partial charge in [0.2, 0.25) is 5.91 Å². The van der Waals surface area contributed by atoms with E-state index >= 15 is 0 Å². The van der Waals surface area contributed by atoms with Gasteiger partial charge in [-0.15, -0.1) is 0 Å². The fourth-order valence-corrected chi connectivity index (χ4v) is 7.47. The second-order valence-corrected chi connectivity index (χ2v) is 19.3. The minimum absolute atomic E-state index is 0.0659. The highest BCUT2D eigenvalue weighted by Gasteiger charge is 2.28. The number of rotatable bonds is 44. The summed E-state index contributed by atoms with van der Waals surface area (Å²) in [6.45, 7) is 4.74. The normalized spacial score (nSPS) is 14.9. The highest BCUT2D eigenvalue weighted by molar-refractivity contribution is 7.47. The summed E-state index contributed by atoms with van der Waals surface area (Å²) in [5, 5.41) is 14.0. The lowest BCUT2D eigenvalue weighted by Gasteiger charge is -2.26. The topological polar surface area (TPSA) is 105 Å². The second-order valence-electron chi connectivity index (χ2n) is 17.8. The number of nitrogens with one attached hydrogen (secondary N) is 1. The average molecular weight is 888 g/mol. The molecule has 0 aromatic carbocycles. The Balaban J connectivity index is 4.30. The molecule has 0 rings (SSSR count). The number of hydrogen-bond acceptors (Lipinski definition) is 5. The van der Waals surface area contributed by atoms with Gasteiger partial charge in [0, 0.05) is 6.42 Å². The molecule has 0 radical (unpaired) electrons. The number of phosphoric ester groups is 1. The van der Waals surface area contributed by atoms with Gasteiger partial charge in [-0.05, 0) is 70.6 Å². The molecule has 0 aliphatic carbocycles. The Bertz CT molecular complexity index is 1280. The molecule has 0 fully saturated rings. The van der Waals surface area contributed by atoms with Crippen molar-refractivity contribution in [2.75, 3.05) is 40.9 Å². The van der Waals surface area contributed by atoms with Crippen LogP contribution in [0.15, 0.2) is 85.1 Å². The Morgan fingerprint density at radius 2 is 0.968 bits per heavy atom. The molecule has 0 aliphatic rings. The summed E-state index contributed by atoms with van der Waals surface area (Å²) in [5.74, 6) is -0.168. The van der Waals surface area contributed by atoms with Crippen molar-refractivity contribution >= 4 is 13.7 Å². The van der Waals surface area contributed by atoms with E-state index in [4.69, 9.17) is 9.05 Å². The van der Waals surface area contributed by atoms with E-state index in [1.165, 1.54) is 64.2 Å². The van der Waals surface area contributed by atoms with Gasteiger partial charge in [-0.25, -0.2) is 4.57 Å². The Hall–Kier alpha value is -2.32. The Morgan fingerprint density at radius 1 is 0.565 bits per heavy atom. The maximum Gasteiger partial charge on any atom is 0.472 e. The number of unbranched alkanes of at least 4 members (excludes halogenated alkanes) is 17. The van der Waals surface area contributed by atoms with E-state index in [9.17, 15) is 19.4 Å². The van der Waals surface area contributed by atoms with Crippen molar-refractivity contribution in [1.82, 2.24) is 5.32 Å². The van der Waals surface area contributed by atoms with Crippen LogP contribution >= 0.6 is 7.82 Å². The van der Waals surface area contributed by atoms with Crippen LogP contribution in [-0.2, 0) is 18.4 Å². The largest absolute Gasteiger partial charge is 0.472 e. The van der Waals surface area contributed by atoms with E-state index in [-0.39, 0.29) is 19.1 Å². The third kappa shape index (κ3) is 45.7. The van der Waals surface area contributed by atoms with E-state index in [0.29, 0.717) is 23.9 Å². The highest BCUT2D eigenvalue weighted by Crippen LogP contribution is 2.43. The number of carbonyl (C=O) groups is 1. The monoisotopic (exact) mass is 888 g/mol. The predicted octanol–water partition coefficient (Wildman–Crippen LogP) is 14.5. The maximum absolute atomic E-state index is 12.9. The van der Waals surface area contributed by atoms with Crippen LogP contribution in [0.1, 0.15) is 194 Å². The lowest BCUT2D eigenvalue weighted by Crippen LogP contribution is -2.46. The third-order valence-electron chi connectivity index (χ3n) is 10.7. The number of likely N-dealkylation sites (N-methyl/N-ethyl adjacent to an activating group) is 1. The molecule has 9 heteroatoms. The van der Waals surface area contributed by atoms with Crippen molar-refractivity contribution in [3.8, 4) is 0 Å². The smallest absolute Gasteiger partial charge is 0.391 e. The van der Waals surface area contributed by atoms with Gasteiger partial charge in [-0.1, -0.05) is 202 Å². The molecular formula is C53H96N2O6P+. The highest BCUT2D eigenvalue weighted by atomic mass is 31.2. The first-order chi connectivity index (χ1) is 30.0. The first kappa shape index (κ1) is 59.7. The van der Waals surface area contributed by atoms with Crippen LogP contribution in [0.5, 0.6) is 0 Å². The number of carbonyl (C=O) groups excluding carboxylic acids is 1. The zero-order valence-corrected chi connectivity index (χ0v) is 41.5. The number of aliphatic hydroxyl groups excluding tert-OH is 1. The maximum atomic E-state index is 12.9.